The van der Waals surface area contributed by atoms with Gasteiger partial charge in [0.15, 0.2) is 0 Å². The molecule has 0 saturated heterocycles. The van der Waals surface area contributed by atoms with E-state index < -0.39 is 5.82 Å². The maximum atomic E-state index is 13.1. The first kappa shape index (κ1) is 12.0. The van der Waals surface area contributed by atoms with E-state index in [4.69, 9.17) is 10.5 Å². The van der Waals surface area contributed by atoms with Crippen LogP contribution in [0.3, 0.4) is 0 Å². The van der Waals surface area contributed by atoms with Gasteiger partial charge in [0.05, 0.1) is 0 Å². The van der Waals surface area contributed by atoms with Crippen LogP contribution >= 0.6 is 0 Å². The predicted octanol–water partition coefficient (Wildman–Crippen LogP) is 1.57. The monoisotopic (exact) mass is 272 g/mol. The van der Waals surface area contributed by atoms with E-state index in [0.29, 0.717) is 0 Å². The third kappa shape index (κ3) is 2.53. The molecule has 0 saturated carbocycles. The average Bonchev–Trinajstić information content (AvgIpc) is 2.91. The van der Waals surface area contributed by atoms with E-state index in [2.05, 4.69) is 19.9 Å². The molecular formula is C12H9FN6O. The summed E-state index contributed by atoms with van der Waals surface area (Å²) in [6, 6.07) is 5.61. The van der Waals surface area contributed by atoms with E-state index in [1.807, 2.05) is 0 Å². The maximum absolute atomic E-state index is 13.1. The minimum Gasteiger partial charge on any atom is -0.424 e. The third-order valence-corrected chi connectivity index (χ3v) is 2.36. The summed E-state index contributed by atoms with van der Waals surface area (Å²) >= 11 is 0. The number of nitrogen functional groups attached to an aromatic ring is 1. The number of hydrogen-bond acceptors (Lipinski definition) is 6. The highest BCUT2D eigenvalue weighted by Crippen LogP contribution is 2.19. The van der Waals surface area contributed by atoms with Crippen molar-refractivity contribution in [1.82, 2.24) is 24.5 Å². The van der Waals surface area contributed by atoms with Crippen LogP contribution in [0.5, 0.6) is 11.8 Å². The maximum Gasteiger partial charge on any atom is 0.328 e. The highest BCUT2D eigenvalue weighted by Gasteiger charge is 2.08. The van der Waals surface area contributed by atoms with Crippen molar-refractivity contribution in [2.24, 2.45) is 0 Å². The Labute approximate surface area is 112 Å². The molecule has 0 radical (unpaired) electrons. The molecule has 2 aromatic heterocycles. The van der Waals surface area contributed by atoms with Crippen molar-refractivity contribution in [3.05, 3.63) is 48.8 Å². The van der Waals surface area contributed by atoms with E-state index >= 15 is 0 Å². The van der Waals surface area contributed by atoms with Crippen LogP contribution < -0.4 is 10.5 Å². The first-order valence-corrected chi connectivity index (χ1v) is 5.64. The zero-order valence-electron chi connectivity index (χ0n) is 10.1. The van der Waals surface area contributed by atoms with Crippen LogP contribution in [0.25, 0.3) is 5.95 Å². The zero-order chi connectivity index (χ0) is 13.9. The molecule has 1 aromatic carbocycles. The molecule has 0 aliphatic heterocycles. The number of halogens is 1. The second-order valence-corrected chi connectivity index (χ2v) is 3.81. The van der Waals surface area contributed by atoms with Gasteiger partial charge in [-0.25, -0.2) is 9.37 Å². The van der Waals surface area contributed by atoms with Crippen LogP contribution in [0.4, 0.5) is 10.3 Å². The molecule has 3 rings (SSSR count). The summed E-state index contributed by atoms with van der Waals surface area (Å²) in [7, 11) is 0. The Morgan fingerprint density at radius 3 is 2.85 bits per heavy atom. The number of aromatic nitrogens is 5. The topological polar surface area (TPSA) is 91.7 Å². The number of nitrogens with two attached hydrogens (primary N) is 1. The van der Waals surface area contributed by atoms with Crippen molar-refractivity contribution in [2.75, 3.05) is 5.73 Å². The quantitative estimate of drug-likeness (QED) is 0.778. The number of anilines is 1. The molecule has 0 unspecified atom stereocenters. The summed E-state index contributed by atoms with van der Waals surface area (Å²) < 4.78 is 20.0. The first-order valence-electron chi connectivity index (χ1n) is 5.64. The highest BCUT2D eigenvalue weighted by molar-refractivity contribution is 5.29. The number of ether oxygens (including phenoxy) is 1. The van der Waals surface area contributed by atoms with Gasteiger partial charge in [-0.05, 0) is 12.1 Å². The number of rotatable bonds is 3. The summed E-state index contributed by atoms with van der Waals surface area (Å²) in [5.74, 6) is 0.114. The average molecular weight is 272 g/mol. The normalized spacial score (nSPS) is 10.4. The molecule has 0 bridgehead atoms. The Kier molecular flexibility index (Phi) is 2.96. The minimum absolute atomic E-state index is 0.00453. The lowest BCUT2D eigenvalue weighted by Crippen LogP contribution is -2.06. The molecule has 0 amide bonds. The second kappa shape index (κ2) is 4.92. The lowest BCUT2D eigenvalue weighted by molar-refractivity contribution is 0.435. The van der Waals surface area contributed by atoms with E-state index in [-0.39, 0.29) is 23.7 Å². The van der Waals surface area contributed by atoms with Crippen molar-refractivity contribution >= 4 is 5.95 Å². The minimum atomic E-state index is -0.417. The molecule has 2 heterocycles. The molecule has 3 aromatic rings. The lowest BCUT2D eigenvalue weighted by Gasteiger charge is -2.06. The van der Waals surface area contributed by atoms with Crippen LogP contribution in [0.15, 0.2) is 43.0 Å². The third-order valence-electron chi connectivity index (χ3n) is 2.36. The fraction of sp³-hybridized carbons (Fsp3) is 0. The molecule has 0 aliphatic rings. The molecule has 7 nitrogen and oxygen atoms in total. The smallest absolute Gasteiger partial charge is 0.328 e. The predicted molar refractivity (Wildman–Crippen MR) is 67.8 cm³/mol. The molecule has 0 fully saturated rings. The van der Waals surface area contributed by atoms with Crippen LogP contribution in [0.1, 0.15) is 0 Å². The van der Waals surface area contributed by atoms with Gasteiger partial charge in [0.2, 0.25) is 11.9 Å². The van der Waals surface area contributed by atoms with E-state index in [1.54, 1.807) is 23.0 Å². The van der Waals surface area contributed by atoms with Gasteiger partial charge >= 0.3 is 6.01 Å². The SMILES string of the molecule is Nc1nc(Oc2cccc(F)c2)nc(-n2ccnc2)n1. The lowest BCUT2D eigenvalue weighted by atomic mass is 10.3. The van der Waals surface area contributed by atoms with Gasteiger partial charge in [-0.2, -0.15) is 15.0 Å². The Balaban J connectivity index is 1.94. The molecule has 20 heavy (non-hydrogen) atoms. The molecule has 8 heteroatoms. The number of hydrogen-bond donors (Lipinski definition) is 1. The van der Waals surface area contributed by atoms with Gasteiger partial charge < -0.3 is 10.5 Å². The van der Waals surface area contributed by atoms with E-state index in [0.717, 1.165) is 0 Å². The Bertz CT molecular complexity index is 731. The zero-order valence-corrected chi connectivity index (χ0v) is 10.1. The van der Waals surface area contributed by atoms with Crippen LogP contribution in [0, 0.1) is 5.82 Å². The van der Waals surface area contributed by atoms with E-state index in [1.165, 1.54) is 24.5 Å². The van der Waals surface area contributed by atoms with Crippen LogP contribution in [-0.4, -0.2) is 24.5 Å². The molecule has 100 valence electrons. The summed E-state index contributed by atoms with van der Waals surface area (Å²) in [5.41, 5.74) is 5.60. The number of nitrogens with zero attached hydrogens (tertiary/aromatic N) is 5. The van der Waals surface area contributed by atoms with Gasteiger partial charge in [0.25, 0.3) is 0 Å². The fourth-order valence-electron chi connectivity index (χ4n) is 1.54. The molecule has 0 aliphatic carbocycles. The standard InChI is InChI=1S/C12H9FN6O/c13-8-2-1-3-9(6-8)20-12-17-10(14)16-11(18-12)19-5-4-15-7-19/h1-7H,(H2,14,16,17,18). The Hall–Kier alpha value is -3.03. The summed E-state index contributed by atoms with van der Waals surface area (Å²) in [5, 5.41) is 0. The van der Waals surface area contributed by atoms with Crippen molar-refractivity contribution in [1.29, 1.82) is 0 Å². The summed E-state index contributed by atoms with van der Waals surface area (Å²) in [6.07, 6.45) is 4.74. The van der Waals surface area contributed by atoms with Crippen molar-refractivity contribution < 1.29 is 9.13 Å². The van der Waals surface area contributed by atoms with Crippen LogP contribution in [0.2, 0.25) is 0 Å². The summed E-state index contributed by atoms with van der Waals surface area (Å²) in [4.78, 5) is 15.8. The van der Waals surface area contributed by atoms with Gasteiger partial charge in [-0.1, -0.05) is 6.07 Å². The molecule has 2 N–H and O–H groups in total. The van der Waals surface area contributed by atoms with Crippen molar-refractivity contribution in [3.8, 4) is 17.7 Å². The summed E-state index contributed by atoms with van der Waals surface area (Å²) in [6.45, 7) is 0. The van der Waals surface area contributed by atoms with Gasteiger partial charge in [0, 0.05) is 18.5 Å². The fourth-order valence-corrected chi connectivity index (χ4v) is 1.54. The Morgan fingerprint density at radius 2 is 2.10 bits per heavy atom. The molecular weight excluding hydrogens is 263 g/mol. The van der Waals surface area contributed by atoms with Gasteiger partial charge in [-0.15, -0.1) is 0 Å². The molecule has 0 atom stereocenters. The number of imidazole rings is 1. The first-order chi connectivity index (χ1) is 9.70. The van der Waals surface area contributed by atoms with E-state index in [9.17, 15) is 4.39 Å². The highest BCUT2D eigenvalue weighted by atomic mass is 19.1. The molecule has 0 spiro atoms. The second-order valence-electron chi connectivity index (χ2n) is 3.81. The van der Waals surface area contributed by atoms with Crippen LogP contribution in [-0.2, 0) is 0 Å². The Morgan fingerprint density at radius 1 is 1.20 bits per heavy atom. The number of benzene rings is 1. The van der Waals surface area contributed by atoms with Crippen molar-refractivity contribution in [3.63, 3.8) is 0 Å². The van der Waals surface area contributed by atoms with Gasteiger partial charge in [-0.3, -0.25) is 4.57 Å². The largest absolute Gasteiger partial charge is 0.424 e. The van der Waals surface area contributed by atoms with Crippen molar-refractivity contribution in [2.45, 2.75) is 0 Å². The van der Waals surface area contributed by atoms with Gasteiger partial charge in [0.1, 0.15) is 17.9 Å².